The first-order chi connectivity index (χ1) is 11.8. The van der Waals surface area contributed by atoms with E-state index in [-0.39, 0.29) is 0 Å². The van der Waals surface area contributed by atoms with Gasteiger partial charge in [-0.1, -0.05) is 25.0 Å². The molecule has 24 heavy (non-hydrogen) atoms. The van der Waals surface area contributed by atoms with Crippen LogP contribution in [0.2, 0.25) is 0 Å². The molecular weight excluding hydrogens is 300 g/mol. The molecule has 134 valence electrons. The molecule has 0 spiro atoms. The molecule has 2 aliphatic heterocycles. The first-order valence-corrected chi connectivity index (χ1v) is 9.54. The number of piperidine rings is 1. The molecule has 4 nitrogen and oxygen atoms in total. The van der Waals surface area contributed by atoms with Crippen LogP contribution < -0.4 is 4.74 Å². The van der Waals surface area contributed by atoms with Gasteiger partial charge in [-0.15, -0.1) is 0 Å². The molecule has 1 aromatic rings. The lowest BCUT2D eigenvalue weighted by molar-refractivity contribution is 0.0582. The normalized spacial score (nSPS) is 25.2. The van der Waals surface area contributed by atoms with Crippen molar-refractivity contribution >= 4 is 0 Å². The number of aliphatic hydroxyl groups excluding tert-OH is 1. The third-order valence-corrected chi connectivity index (χ3v) is 5.55. The van der Waals surface area contributed by atoms with Crippen LogP contribution in [0.25, 0.3) is 0 Å². The highest BCUT2D eigenvalue weighted by atomic mass is 16.5. The van der Waals surface area contributed by atoms with Gasteiger partial charge >= 0.3 is 0 Å². The van der Waals surface area contributed by atoms with E-state index in [2.05, 4.69) is 9.80 Å². The summed E-state index contributed by atoms with van der Waals surface area (Å²) in [5.74, 6) is 0.813. The summed E-state index contributed by atoms with van der Waals surface area (Å²) in [6.45, 7) is 5.44. The Hall–Kier alpha value is -1.10. The summed E-state index contributed by atoms with van der Waals surface area (Å²) in [6.07, 6.45) is 7.59. The van der Waals surface area contributed by atoms with Crippen molar-refractivity contribution in [3.63, 3.8) is 0 Å². The third kappa shape index (κ3) is 4.71. The maximum absolute atomic E-state index is 10.6. The van der Waals surface area contributed by atoms with Crippen molar-refractivity contribution in [3.8, 4) is 5.75 Å². The van der Waals surface area contributed by atoms with Gasteiger partial charge in [-0.2, -0.15) is 0 Å². The Morgan fingerprint density at radius 3 is 2.67 bits per heavy atom. The number of ether oxygens (including phenoxy) is 1. The molecule has 0 amide bonds. The highest BCUT2D eigenvalue weighted by Gasteiger charge is 2.27. The summed E-state index contributed by atoms with van der Waals surface area (Å²) in [7, 11) is 1.67. The molecule has 2 atom stereocenters. The van der Waals surface area contributed by atoms with Crippen molar-refractivity contribution in [2.24, 2.45) is 0 Å². The summed E-state index contributed by atoms with van der Waals surface area (Å²) in [5, 5.41) is 10.6. The minimum absolute atomic E-state index is 0.442. The predicted molar refractivity (Wildman–Crippen MR) is 97.5 cm³/mol. The quantitative estimate of drug-likeness (QED) is 0.899. The molecule has 2 aliphatic rings. The van der Waals surface area contributed by atoms with Gasteiger partial charge in [0.2, 0.25) is 0 Å². The van der Waals surface area contributed by atoms with Crippen molar-refractivity contribution in [3.05, 3.63) is 29.8 Å². The summed E-state index contributed by atoms with van der Waals surface area (Å²) in [6, 6.07) is 8.49. The number of rotatable bonds is 5. The molecule has 0 saturated carbocycles. The number of aliphatic hydroxyl groups is 1. The van der Waals surface area contributed by atoms with E-state index in [4.69, 9.17) is 4.74 Å². The van der Waals surface area contributed by atoms with E-state index in [1.165, 1.54) is 51.6 Å². The minimum atomic E-state index is -0.442. The monoisotopic (exact) mass is 332 g/mol. The van der Waals surface area contributed by atoms with Crippen molar-refractivity contribution < 1.29 is 9.84 Å². The lowest BCUT2D eigenvalue weighted by Gasteiger charge is -2.39. The van der Waals surface area contributed by atoms with Gasteiger partial charge in [0, 0.05) is 19.1 Å². The topological polar surface area (TPSA) is 35.9 Å². The number of hydrogen-bond acceptors (Lipinski definition) is 4. The molecule has 2 saturated heterocycles. The molecule has 1 N–H and O–H groups in total. The maximum atomic E-state index is 10.6. The van der Waals surface area contributed by atoms with E-state index in [9.17, 15) is 5.11 Å². The molecule has 0 aromatic heterocycles. The average Bonchev–Trinajstić information content (AvgIpc) is 2.91. The Morgan fingerprint density at radius 2 is 1.92 bits per heavy atom. The summed E-state index contributed by atoms with van der Waals surface area (Å²) >= 11 is 0. The SMILES string of the molecule is COc1cccc(C(O)CN2CCCC(N3CCCCCC3)C2)c1. The lowest BCUT2D eigenvalue weighted by Crippen LogP contribution is -2.49. The molecule has 2 heterocycles. The lowest BCUT2D eigenvalue weighted by atomic mass is 10.0. The first-order valence-electron chi connectivity index (χ1n) is 9.54. The molecule has 4 heteroatoms. The molecule has 2 fully saturated rings. The van der Waals surface area contributed by atoms with E-state index >= 15 is 0 Å². The maximum Gasteiger partial charge on any atom is 0.119 e. The average molecular weight is 332 g/mol. The van der Waals surface area contributed by atoms with Crippen molar-refractivity contribution in [2.75, 3.05) is 39.8 Å². The molecule has 1 aromatic carbocycles. The van der Waals surface area contributed by atoms with Gasteiger partial charge in [-0.3, -0.25) is 9.80 Å². The molecular formula is C20H32N2O2. The van der Waals surface area contributed by atoms with Gasteiger partial charge in [0.1, 0.15) is 5.75 Å². The highest BCUT2D eigenvalue weighted by Crippen LogP contribution is 2.24. The van der Waals surface area contributed by atoms with Crippen molar-refractivity contribution in [1.29, 1.82) is 0 Å². The Morgan fingerprint density at radius 1 is 1.12 bits per heavy atom. The number of methoxy groups -OCH3 is 1. The largest absolute Gasteiger partial charge is 0.497 e. The fourth-order valence-electron chi connectivity index (χ4n) is 4.15. The number of nitrogens with zero attached hydrogens (tertiary/aromatic N) is 2. The summed E-state index contributed by atoms with van der Waals surface area (Å²) in [5.41, 5.74) is 0.950. The Labute approximate surface area is 146 Å². The van der Waals surface area contributed by atoms with Gasteiger partial charge in [-0.25, -0.2) is 0 Å². The standard InChI is InChI=1S/C20H32N2O2/c1-24-19-10-6-8-17(14-19)20(23)16-21-11-7-9-18(15-21)22-12-4-2-3-5-13-22/h6,8,10,14,18,20,23H,2-5,7,9,11-13,15-16H2,1H3. The summed E-state index contributed by atoms with van der Waals surface area (Å²) in [4.78, 5) is 5.15. The zero-order chi connectivity index (χ0) is 16.8. The van der Waals surface area contributed by atoms with Gasteiger partial charge in [0.25, 0.3) is 0 Å². The third-order valence-electron chi connectivity index (χ3n) is 5.55. The van der Waals surface area contributed by atoms with E-state index in [0.29, 0.717) is 6.04 Å². The summed E-state index contributed by atoms with van der Waals surface area (Å²) < 4.78 is 5.27. The number of benzene rings is 1. The zero-order valence-corrected chi connectivity index (χ0v) is 15.0. The van der Waals surface area contributed by atoms with Gasteiger partial charge < -0.3 is 9.84 Å². The van der Waals surface area contributed by atoms with Crippen LogP contribution in [-0.2, 0) is 0 Å². The Bertz CT molecular complexity index is 500. The van der Waals surface area contributed by atoms with Crippen LogP contribution in [0, 0.1) is 0 Å². The van der Waals surface area contributed by atoms with Crippen LogP contribution in [0.15, 0.2) is 24.3 Å². The fraction of sp³-hybridized carbons (Fsp3) is 0.700. The van der Waals surface area contributed by atoms with Crippen molar-refractivity contribution in [1.82, 2.24) is 9.80 Å². The second kappa shape index (κ2) is 8.84. The van der Waals surface area contributed by atoms with E-state index in [1.54, 1.807) is 7.11 Å². The second-order valence-electron chi connectivity index (χ2n) is 7.30. The Balaban J connectivity index is 1.56. The fourth-order valence-corrected chi connectivity index (χ4v) is 4.15. The molecule has 0 aliphatic carbocycles. The smallest absolute Gasteiger partial charge is 0.119 e. The molecule has 2 unspecified atom stereocenters. The van der Waals surface area contributed by atoms with Gasteiger partial charge in [0.15, 0.2) is 0 Å². The first kappa shape index (κ1) is 17.7. The van der Waals surface area contributed by atoms with Gasteiger partial charge in [0.05, 0.1) is 13.2 Å². The Kier molecular flexibility index (Phi) is 6.52. The second-order valence-corrected chi connectivity index (χ2v) is 7.30. The molecule has 0 radical (unpaired) electrons. The number of β-amino-alcohol motifs (C(OH)–C–C–N with tert-alkyl or cyclic N) is 1. The van der Waals surface area contributed by atoms with E-state index in [1.807, 2.05) is 24.3 Å². The van der Waals surface area contributed by atoms with Crippen LogP contribution >= 0.6 is 0 Å². The number of hydrogen-bond donors (Lipinski definition) is 1. The van der Waals surface area contributed by atoms with Crippen LogP contribution in [0.5, 0.6) is 5.75 Å². The minimum Gasteiger partial charge on any atom is -0.497 e. The highest BCUT2D eigenvalue weighted by molar-refractivity contribution is 5.29. The zero-order valence-electron chi connectivity index (χ0n) is 15.0. The van der Waals surface area contributed by atoms with E-state index in [0.717, 1.165) is 30.9 Å². The molecule has 3 rings (SSSR count). The van der Waals surface area contributed by atoms with Crippen LogP contribution in [-0.4, -0.2) is 60.8 Å². The van der Waals surface area contributed by atoms with Crippen LogP contribution in [0.1, 0.15) is 50.2 Å². The van der Waals surface area contributed by atoms with Gasteiger partial charge in [-0.05, 0) is 63.0 Å². The number of likely N-dealkylation sites (tertiary alicyclic amines) is 2. The van der Waals surface area contributed by atoms with Crippen LogP contribution in [0.3, 0.4) is 0 Å². The predicted octanol–water partition coefficient (Wildman–Crippen LogP) is 3.07. The molecule has 0 bridgehead atoms. The van der Waals surface area contributed by atoms with Crippen LogP contribution in [0.4, 0.5) is 0 Å². The van der Waals surface area contributed by atoms with Crippen molar-refractivity contribution in [2.45, 2.75) is 50.7 Å². The van der Waals surface area contributed by atoms with E-state index < -0.39 is 6.10 Å².